The number of nitro benzene ring substituents is 1. The lowest BCUT2D eigenvalue weighted by molar-refractivity contribution is -0.384. The van der Waals surface area contributed by atoms with E-state index < -0.39 is 4.92 Å². The minimum Gasteiger partial charge on any atom is -0.491 e. The second kappa shape index (κ2) is 33.4. The van der Waals surface area contributed by atoms with Crippen molar-refractivity contribution >= 4 is 11.7 Å². The Hall–Kier alpha value is -2.47. The SMILES string of the molecule is CCCCCC(=O)OCCOCCOCCOCCOCCOCCOCCOCCOCCOCCOc1ccc([N+](=O)[O-])cc1. The molecule has 0 saturated heterocycles. The molecule has 0 fully saturated rings. The fourth-order valence-electron chi connectivity index (χ4n) is 3.55. The fourth-order valence-corrected chi connectivity index (χ4v) is 3.55. The van der Waals surface area contributed by atoms with Crippen molar-refractivity contribution in [1.82, 2.24) is 0 Å². The van der Waals surface area contributed by atoms with E-state index in [1.165, 1.54) is 12.1 Å². The van der Waals surface area contributed by atoms with Crippen LogP contribution in [0.2, 0.25) is 0 Å². The molecule has 15 nitrogen and oxygen atoms in total. The van der Waals surface area contributed by atoms with E-state index in [9.17, 15) is 14.9 Å². The molecule has 15 heteroatoms. The Labute approximate surface area is 278 Å². The second-order valence-electron chi connectivity index (χ2n) is 9.79. The summed E-state index contributed by atoms with van der Waals surface area (Å²) >= 11 is 0. The van der Waals surface area contributed by atoms with Crippen LogP contribution >= 0.6 is 0 Å². The van der Waals surface area contributed by atoms with Gasteiger partial charge in [0, 0.05) is 18.6 Å². The van der Waals surface area contributed by atoms with Gasteiger partial charge in [-0.1, -0.05) is 19.8 Å². The number of hydrogen-bond acceptors (Lipinski definition) is 14. The maximum Gasteiger partial charge on any atom is 0.305 e. The van der Waals surface area contributed by atoms with Gasteiger partial charge in [-0.3, -0.25) is 14.9 Å². The van der Waals surface area contributed by atoms with Crippen LogP contribution in [-0.2, 0) is 52.2 Å². The third kappa shape index (κ3) is 29.4. The number of rotatable bonds is 36. The molecule has 272 valence electrons. The van der Waals surface area contributed by atoms with Crippen molar-refractivity contribution in [2.75, 3.05) is 132 Å². The van der Waals surface area contributed by atoms with Gasteiger partial charge < -0.3 is 52.1 Å². The van der Waals surface area contributed by atoms with Crippen LogP contribution in [0.5, 0.6) is 5.75 Å². The molecular weight excluding hydrogens is 622 g/mol. The molecule has 0 atom stereocenters. The van der Waals surface area contributed by atoms with Crippen LogP contribution in [0.4, 0.5) is 5.69 Å². The zero-order valence-electron chi connectivity index (χ0n) is 27.9. The third-order valence-electron chi connectivity index (χ3n) is 6.00. The largest absolute Gasteiger partial charge is 0.491 e. The molecule has 1 rings (SSSR count). The number of nitrogens with zero attached hydrogens (tertiary/aromatic N) is 1. The number of esters is 1. The van der Waals surface area contributed by atoms with E-state index in [-0.39, 0.29) is 18.3 Å². The Morgan fingerprint density at radius 1 is 0.532 bits per heavy atom. The Kier molecular flexibility index (Phi) is 30.3. The lowest BCUT2D eigenvalue weighted by atomic mass is 10.2. The number of ether oxygens (including phenoxy) is 11. The summed E-state index contributed by atoms with van der Waals surface area (Å²) in [5.74, 6) is 0.387. The predicted octanol–water partition coefficient (Wildman–Crippen LogP) is 3.25. The molecule has 0 N–H and O–H groups in total. The minimum absolute atomic E-state index is 0.0234. The maximum absolute atomic E-state index is 11.5. The van der Waals surface area contributed by atoms with E-state index in [0.29, 0.717) is 138 Å². The van der Waals surface area contributed by atoms with Crippen LogP contribution < -0.4 is 4.74 Å². The van der Waals surface area contributed by atoms with Gasteiger partial charge in [0.2, 0.25) is 0 Å². The van der Waals surface area contributed by atoms with Gasteiger partial charge in [0.1, 0.15) is 19.0 Å². The van der Waals surface area contributed by atoms with Crippen LogP contribution in [-0.4, -0.2) is 143 Å². The lowest BCUT2D eigenvalue weighted by Crippen LogP contribution is -2.15. The number of hydrogen-bond donors (Lipinski definition) is 0. The summed E-state index contributed by atoms with van der Waals surface area (Å²) in [4.78, 5) is 21.6. The summed E-state index contributed by atoms with van der Waals surface area (Å²) in [7, 11) is 0. The maximum atomic E-state index is 11.5. The number of carbonyl (C=O) groups is 1. The zero-order valence-corrected chi connectivity index (χ0v) is 27.9. The molecule has 0 spiro atoms. The van der Waals surface area contributed by atoms with Gasteiger partial charge in [0.25, 0.3) is 5.69 Å². The summed E-state index contributed by atoms with van der Waals surface area (Å²) in [6.07, 6.45) is 3.47. The smallest absolute Gasteiger partial charge is 0.305 e. The first-order chi connectivity index (χ1) is 23.1. The molecule has 0 radical (unpaired) electrons. The monoisotopic (exact) mass is 677 g/mol. The molecule has 0 amide bonds. The van der Waals surface area contributed by atoms with E-state index in [1.54, 1.807) is 12.1 Å². The zero-order chi connectivity index (χ0) is 33.9. The Balaban J connectivity index is 1.66. The van der Waals surface area contributed by atoms with Gasteiger partial charge >= 0.3 is 5.97 Å². The molecule has 0 saturated carbocycles. The highest BCUT2D eigenvalue weighted by atomic mass is 16.6. The van der Waals surface area contributed by atoms with Gasteiger partial charge in [-0.2, -0.15) is 0 Å². The van der Waals surface area contributed by atoms with Crippen molar-refractivity contribution in [1.29, 1.82) is 0 Å². The average Bonchev–Trinajstić information content (AvgIpc) is 3.07. The predicted molar refractivity (Wildman–Crippen MR) is 171 cm³/mol. The molecule has 0 aliphatic rings. The summed E-state index contributed by atoms with van der Waals surface area (Å²) in [6.45, 7) is 11.0. The van der Waals surface area contributed by atoms with E-state index in [0.717, 1.165) is 19.3 Å². The first-order valence-corrected chi connectivity index (χ1v) is 16.4. The molecule has 0 bridgehead atoms. The highest BCUT2D eigenvalue weighted by Gasteiger charge is 2.04. The van der Waals surface area contributed by atoms with Crippen LogP contribution in [0.25, 0.3) is 0 Å². The lowest BCUT2D eigenvalue weighted by Gasteiger charge is -2.09. The number of nitro groups is 1. The van der Waals surface area contributed by atoms with Crippen LogP contribution in [0, 0.1) is 10.1 Å². The highest BCUT2D eigenvalue weighted by Crippen LogP contribution is 2.17. The van der Waals surface area contributed by atoms with Crippen molar-refractivity contribution in [3.8, 4) is 5.75 Å². The van der Waals surface area contributed by atoms with Crippen LogP contribution in [0.1, 0.15) is 32.6 Å². The average molecular weight is 678 g/mol. The molecule has 1 aromatic rings. The third-order valence-corrected chi connectivity index (χ3v) is 6.00. The number of non-ortho nitro benzene ring substituents is 1. The quantitative estimate of drug-likeness (QED) is 0.0440. The normalized spacial score (nSPS) is 11.2. The molecular formula is C32H55NO14. The number of benzene rings is 1. The Bertz CT molecular complexity index is 846. The van der Waals surface area contributed by atoms with Crippen molar-refractivity contribution in [3.05, 3.63) is 34.4 Å². The topological polar surface area (TPSA) is 162 Å². The summed E-state index contributed by atoms with van der Waals surface area (Å²) in [5.41, 5.74) is 0.0234. The standard InChI is InChI=1S/C32H55NO14/c1-2-3-4-5-32(34)47-29-27-45-25-23-43-21-19-41-17-15-39-13-11-37-10-12-38-14-16-40-18-20-42-22-24-44-26-28-46-31-8-6-30(7-9-31)33(35)36/h6-9H,2-5,10-29H2,1H3. The van der Waals surface area contributed by atoms with Crippen LogP contribution in [0.15, 0.2) is 24.3 Å². The van der Waals surface area contributed by atoms with Crippen molar-refractivity contribution in [2.24, 2.45) is 0 Å². The summed E-state index contributed by atoms with van der Waals surface area (Å²) in [5, 5.41) is 10.6. The fraction of sp³-hybridized carbons (Fsp3) is 0.781. The first-order valence-electron chi connectivity index (χ1n) is 16.4. The van der Waals surface area contributed by atoms with Crippen molar-refractivity contribution in [3.63, 3.8) is 0 Å². The van der Waals surface area contributed by atoms with Gasteiger partial charge in [-0.25, -0.2) is 0 Å². The molecule has 0 aliphatic carbocycles. The minimum atomic E-state index is -0.454. The summed E-state index contributed by atoms with van der Waals surface area (Å²) < 4.78 is 59.5. The van der Waals surface area contributed by atoms with Crippen LogP contribution in [0.3, 0.4) is 0 Å². The molecule has 47 heavy (non-hydrogen) atoms. The number of unbranched alkanes of at least 4 members (excludes halogenated alkanes) is 2. The van der Waals surface area contributed by atoms with Gasteiger partial charge in [-0.05, 0) is 18.6 Å². The van der Waals surface area contributed by atoms with E-state index in [4.69, 9.17) is 52.1 Å². The van der Waals surface area contributed by atoms with Gasteiger partial charge in [0.05, 0.1) is 124 Å². The van der Waals surface area contributed by atoms with E-state index >= 15 is 0 Å². The second-order valence-corrected chi connectivity index (χ2v) is 9.79. The molecule has 0 heterocycles. The van der Waals surface area contributed by atoms with Gasteiger partial charge in [-0.15, -0.1) is 0 Å². The number of carbonyl (C=O) groups excluding carboxylic acids is 1. The Morgan fingerprint density at radius 2 is 0.872 bits per heavy atom. The van der Waals surface area contributed by atoms with Crippen molar-refractivity contribution in [2.45, 2.75) is 32.6 Å². The molecule has 0 aromatic heterocycles. The summed E-state index contributed by atoms with van der Waals surface area (Å²) in [6, 6.07) is 5.90. The Morgan fingerprint density at radius 3 is 1.21 bits per heavy atom. The first kappa shape index (κ1) is 42.6. The van der Waals surface area contributed by atoms with Gasteiger partial charge in [0.15, 0.2) is 0 Å². The van der Waals surface area contributed by atoms with E-state index in [2.05, 4.69) is 6.92 Å². The highest BCUT2D eigenvalue weighted by molar-refractivity contribution is 5.69. The molecule has 1 aromatic carbocycles. The van der Waals surface area contributed by atoms with Crippen molar-refractivity contribution < 1.29 is 61.8 Å². The van der Waals surface area contributed by atoms with E-state index in [1.807, 2.05) is 0 Å². The molecule has 0 aliphatic heterocycles. The molecule has 0 unspecified atom stereocenters.